The van der Waals surface area contributed by atoms with Gasteiger partial charge in [0.15, 0.2) is 0 Å². The summed E-state index contributed by atoms with van der Waals surface area (Å²) in [5, 5.41) is 2.32. The van der Waals surface area contributed by atoms with Gasteiger partial charge >= 0.3 is 0 Å². The Morgan fingerprint density at radius 3 is 2.38 bits per heavy atom. The zero-order valence-electron chi connectivity index (χ0n) is 8.34. The molecule has 88 valence electrons. The Morgan fingerprint density at radius 2 is 1.88 bits per heavy atom. The number of amides is 1. The Bertz CT molecular complexity index is 467. The van der Waals surface area contributed by atoms with Crippen molar-refractivity contribution in [3.63, 3.8) is 0 Å². The Kier molecular flexibility index (Phi) is 3.86. The zero-order valence-corrected chi connectivity index (χ0v) is 9.16. The lowest BCUT2D eigenvalue weighted by Gasteiger charge is -2.08. The first-order chi connectivity index (χ1) is 7.38. The van der Waals surface area contributed by atoms with Crippen molar-refractivity contribution in [1.29, 1.82) is 0 Å². The normalized spacial score (nSPS) is 11.1. The average Bonchev–Trinajstić information content (AvgIpc) is 2.16. The molecule has 3 N–H and O–H groups in total. The maximum Gasteiger partial charge on any atom is 0.251 e. The minimum Gasteiger partial charge on any atom is -0.748 e. The summed E-state index contributed by atoms with van der Waals surface area (Å²) in [5.74, 6) is -1.06. The second-order valence-electron chi connectivity index (χ2n) is 3.14. The number of nitrogens with two attached hydrogens (primary N) is 1. The molecule has 0 saturated heterocycles. The van der Waals surface area contributed by atoms with E-state index in [0.717, 1.165) is 0 Å². The van der Waals surface area contributed by atoms with E-state index < -0.39 is 21.8 Å². The molecule has 0 spiro atoms. The van der Waals surface area contributed by atoms with E-state index in [4.69, 9.17) is 5.73 Å². The number of carbonyl (C=O) groups is 1. The molecule has 0 aliphatic rings. The van der Waals surface area contributed by atoms with Crippen molar-refractivity contribution in [3.05, 3.63) is 29.8 Å². The number of nitrogens with one attached hydrogen (secondary N) is 1. The minimum absolute atomic E-state index is 0.199. The van der Waals surface area contributed by atoms with Gasteiger partial charge < -0.3 is 15.6 Å². The molecule has 0 aliphatic heterocycles. The van der Waals surface area contributed by atoms with Crippen LogP contribution in [0.2, 0.25) is 0 Å². The third-order valence-electron chi connectivity index (χ3n) is 1.81. The van der Waals surface area contributed by atoms with Crippen LogP contribution in [0.3, 0.4) is 0 Å². The number of anilines is 1. The van der Waals surface area contributed by atoms with Crippen molar-refractivity contribution in [1.82, 2.24) is 5.32 Å². The quantitative estimate of drug-likeness (QED) is 0.549. The van der Waals surface area contributed by atoms with Crippen LogP contribution < -0.4 is 11.1 Å². The Labute approximate surface area is 93.2 Å². The number of hydrogen-bond donors (Lipinski definition) is 2. The van der Waals surface area contributed by atoms with Gasteiger partial charge in [0, 0.05) is 17.8 Å². The maximum absolute atomic E-state index is 11.4. The van der Waals surface area contributed by atoms with E-state index in [0.29, 0.717) is 11.3 Å². The van der Waals surface area contributed by atoms with Gasteiger partial charge in [0.2, 0.25) is 0 Å². The van der Waals surface area contributed by atoms with Crippen LogP contribution in [-0.4, -0.2) is 31.2 Å². The zero-order chi connectivity index (χ0) is 12.2. The highest BCUT2D eigenvalue weighted by molar-refractivity contribution is 7.85. The van der Waals surface area contributed by atoms with E-state index in [1.165, 1.54) is 12.1 Å². The van der Waals surface area contributed by atoms with E-state index in [1.807, 2.05) is 0 Å². The second-order valence-corrected chi connectivity index (χ2v) is 4.66. The predicted molar refractivity (Wildman–Crippen MR) is 57.8 cm³/mol. The molecule has 1 rings (SSSR count). The third kappa shape index (κ3) is 4.28. The summed E-state index contributed by atoms with van der Waals surface area (Å²) in [4.78, 5) is 11.4. The molecule has 0 heterocycles. The molecule has 0 aromatic heterocycles. The Morgan fingerprint density at radius 1 is 1.31 bits per heavy atom. The number of rotatable bonds is 4. The number of hydrogen-bond acceptors (Lipinski definition) is 5. The first-order valence-electron chi connectivity index (χ1n) is 4.46. The van der Waals surface area contributed by atoms with Crippen LogP contribution in [0.1, 0.15) is 10.4 Å². The first kappa shape index (κ1) is 12.5. The van der Waals surface area contributed by atoms with Gasteiger partial charge in [0.05, 0.1) is 15.9 Å². The lowest BCUT2D eigenvalue weighted by atomic mass is 10.2. The van der Waals surface area contributed by atoms with Crippen LogP contribution in [0.15, 0.2) is 24.3 Å². The highest BCUT2D eigenvalue weighted by Gasteiger charge is 2.04. The van der Waals surface area contributed by atoms with Crippen LogP contribution in [0, 0.1) is 0 Å². The summed E-state index contributed by atoms with van der Waals surface area (Å²) in [5.41, 5.74) is 6.32. The number of carbonyl (C=O) groups excluding carboxylic acids is 1. The first-order valence-corrected chi connectivity index (χ1v) is 6.03. The summed E-state index contributed by atoms with van der Waals surface area (Å²) >= 11 is 0. The van der Waals surface area contributed by atoms with Crippen LogP contribution in [0.25, 0.3) is 0 Å². The molecule has 0 saturated carbocycles. The molecule has 0 unspecified atom stereocenters. The number of nitrogen functional groups attached to an aromatic ring is 1. The van der Waals surface area contributed by atoms with E-state index in [2.05, 4.69) is 5.32 Å². The topological polar surface area (TPSA) is 112 Å². The van der Waals surface area contributed by atoms with Gasteiger partial charge in [-0.1, -0.05) is 0 Å². The van der Waals surface area contributed by atoms with E-state index >= 15 is 0 Å². The highest BCUT2D eigenvalue weighted by atomic mass is 32.2. The predicted octanol–water partition coefficient (Wildman–Crippen LogP) is -0.456. The Hall–Kier alpha value is -1.60. The largest absolute Gasteiger partial charge is 0.748 e. The van der Waals surface area contributed by atoms with Crippen molar-refractivity contribution in [2.24, 2.45) is 0 Å². The van der Waals surface area contributed by atoms with Gasteiger partial charge in [0.25, 0.3) is 5.91 Å². The minimum atomic E-state index is -4.29. The fourth-order valence-electron chi connectivity index (χ4n) is 1.03. The van der Waals surface area contributed by atoms with Gasteiger partial charge in [-0.25, -0.2) is 8.42 Å². The molecule has 0 radical (unpaired) electrons. The average molecular weight is 243 g/mol. The molecule has 7 heteroatoms. The van der Waals surface area contributed by atoms with Crippen molar-refractivity contribution < 1.29 is 17.8 Å². The summed E-state index contributed by atoms with van der Waals surface area (Å²) in [6.07, 6.45) is 0. The summed E-state index contributed by atoms with van der Waals surface area (Å²) < 4.78 is 30.8. The maximum atomic E-state index is 11.4. The molecular formula is C9H11N2O4S-. The third-order valence-corrected chi connectivity index (χ3v) is 2.51. The summed E-state index contributed by atoms with van der Waals surface area (Å²) in [6, 6.07) is 6.13. The van der Waals surface area contributed by atoms with Crippen molar-refractivity contribution in [3.8, 4) is 0 Å². The van der Waals surface area contributed by atoms with E-state index in [-0.39, 0.29) is 6.54 Å². The lowest BCUT2D eigenvalue weighted by Crippen LogP contribution is -2.28. The van der Waals surface area contributed by atoms with Crippen LogP contribution in [-0.2, 0) is 10.1 Å². The van der Waals surface area contributed by atoms with E-state index in [9.17, 15) is 17.8 Å². The number of benzene rings is 1. The van der Waals surface area contributed by atoms with Crippen molar-refractivity contribution >= 4 is 21.7 Å². The molecule has 0 fully saturated rings. The van der Waals surface area contributed by atoms with Gasteiger partial charge in [-0.15, -0.1) is 0 Å². The van der Waals surface area contributed by atoms with Crippen molar-refractivity contribution in [2.45, 2.75) is 0 Å². The summed E-state index contributed by atoms with van der Waals surface area (Å²) in [6.45, 7) is -0.199. The molecule has 16 heavy (non-hydrogen) atoms. The van der Waals surface area contributed by atoms with Crippen LogP contribution in [0.5, 0.6) is 0 Å². The highest BCUT2D eigenvalue weighted by Crippen LogP contribution is 2.04. The fourth-order valence-corrected chi connectivity index (χ4v) is 1.38. The van der Waals surface area contributed by atoms with Gasteiger partial charge in [-0.05, 0) is 24.3 Å². The lowest BCUT2D eigenvalue weighted by molar-refractivity contribution is 0.0956. The summed E-state index contributed by atoms with van der Waals surface area (Å²) in [7, 11) is -4.29. The van der Waals surface area contributed by atoms with Crippen LogP contribution in [0.4, 0.5) is 5.69 Å². The molecule has 0 bridgehead atoms. The fraction of sp³-hybridized carbons (Fsp3) is 0.222. The molecule has 1 amide bonds. The van der Waals surface area contributed by atoms with Crippen molar-refractivity contribution in [2.75, 3.05) is 18.0 Å². The van der Waals surface area contributed by atoms with E-state index in [1.54, 1.807) is 12.1 Å². The molecule has 1 aromatic rings. The van der Waals surface area contributed by atoms with Gasteiger partial charge in [-0.2, -0.15) is 0 Å². The SMILES string of the molecule is Nc1ccc(C(=O)NCCS(=O)(=O)[O-])cc1. The smallest absolute Gasteiger partial charge is 0.251 e. The van der Waals surface area contributed by atoms with Gasteiger partial charge in [0.1, 0.15) is 0 Å². The molecular weight excluding hydrogens is 232 g/mol. The molecule has 0 aliphatic carbocycles. The Balaban J connectivity index is 2.50. The molecule has 1 aromatic carbocycles. The second kappa shape index (κ2) is 4.95. The molecule has 0 atom stereocenters. The standard InChI is InChI=1S/C9H12N2O4S/c10-8-3-1-7(2-4-8)9(12)11-5-6-16(13,14)15/h1-4H,5-6,10H2,(H,11,12)(H,13,14,15)/p-1. The monoisotopic (exact) mass is 243 g/mol. The van der Waals surface area contributed by atoms with Gasteiger partial charge in [-0.3, -0.25) is 4.79 Å². The van der Waals surface area contributed by atoms with Crippen LogP contribution >= 0.6 is 0 Å². The molecule has 6 nitrogen and oxygen atoms in total.